The average molecular weight is 665 g/mol. The summed E-state index contributed by atoms with van der Waals surface area (Å²) in [6, 6.07) is 2.93. The van der Waals surface area contributed by atoms with E-state index in [-0.39, 0.29) is 23.0 Å². The highest BCUT2D eigenvalue weighted by atomic mass is 19.4. The fourth-order valence-corrected chi connectivity index (χ4v) is 3.77. The van der Waals surface area contributed by atoms with E-state index in [1.165, 1.54) is 11.5 Å². The minimum absolute atomic E-state index is 0.0936. The van der Waals surface area contributed by atoms with Gasteiger partial charge in [-0.2, -0.15) is 52.7 Å². The van der Waals surface area contributed by atoms with E-state index < -0.39 is 91.5 Å². The van der Waals surface area contributed by atoms with Gasteiger partial charge in [0.2, 0.25) is 12.5 Å². The number of pyridine rings is 1. The van der Waals surface area contributed by atoms with Crippen LogP contribution in [0.15, 0.2) is 47.9 Å². The standard InChI is InChI=1S/C25H19F12N5O3/c26-22(27,28)11-40-19(43)10-39-21(44)16-2-4-18(42-6-5-38-20(16)42)17(41-45-12-23(29,30)31)3-1-13-7-14(24(32,33)34)9-15(8-13)25(35,36)37/h2,4-9H,1,3,10-12H2,(H,39,44)(H,40,43)/b41-17+. The summed E-state index contributed by atoms with van der Waals surface area (Å²) in [6.45, 7) is -4.43. The van der Waals surface area contributed by atoms with Crippen molar-refractivity contribution in [2.45, 2.75) is 37.5 Å². The van der Waals surface area contributed by atoms with E-state index in [0.29, 0.717) is 12.1 Å². The molecule has 8 nitrogen and oxygen atoms in total. The van der Waals surface area contributed by atoms with Gasteiger partial charge in [0, 0.05) is 12.4 Å². The number of hydrogen-bond acceptors (Lipinski definition) is 5. The zero-order chi connectivity index (χ0) is 33.8. The summed E-state index contributed by atoms with van der Waals surface area (Å²) in [5, 5.41) is 6.99. The summed E-state index contributed by atoms with van der Waals surface area (Å²) in [7, 11) is 0. The van der Waals surface area contributed by atoms with E-state index >= 15 is 0 Å². The van der Waals surface area contributed by atoms with E-state index in [4.69, 9.17) is 0 Å². The molecule has 45 heavy (non-hydrogen) atoms. The Bertz CT molecular complexity index is 1520. The zero-order valence-corrected chi connectivity index (χ0v) is 22.2. The molecule has 0 saturated carbocycles. The number of imidazole rings is 1. The Morgan fingerprint density at radius 3 is 2.02 bits per heavy atom. The highest BCUT2D eigenvalue weighted by Gasteiger charge is 2.37. The van der Waals surface area contributed by atoms with E-state index in [2.05, 4.69) is 20.3 Å². The van der Waals surface area contributed by atoms with E-state index in [9.17, 15) is 62.3 Å². The van der Waals surface area contributed by atoms with Crippen molar-refractivity contribution in [3.05, 3.63) is 70.7 Å². The molecule has 0 bridgehead atoms. The predicted molar refractivity (Wildman–Crippen MR) is 130 cm³/mol. The van der Waals surface area contributed by atoms with Gasteiger partial charge in [-0.15, -0.1) is 0 Å². The van der Waals surface area contributed by atoms with Gasteiger partial charge in [-0.05, 0) is 48.7 Å². The highest BCUT2D eigenvalue weighted by Crippen LogP contribution is 2.36. The van der Waals surface area contributed by atoms with Gasteiger partial charge in [-0.25, -0.2) is 4.98 Å². The minimum atomic E-state index is -5.15. The van der Waals surface area contributed by atoms with Crippen molar-refractivity contribution < 1.29 is 67.1 Å². The molecule has 0 radical (unpaired) electrons. The third-order valence-electron chi connectivity index (χ3n) is 5.69. The number of amides is 2. The van der Waals surface area contributed by atoms with Crippen LogP contribution in [0.25, 0.3) is 5.65 Å². The first kappa shape index (κ1) is 35.0. The van der Waals surface area contributed by atoms with Gasteiger partial charge in [-0.3, -0.25) is 14.0 Å². The van der Waals surface area contributed by atoms with Gasteiger partial charge in [0.15, 0.2) is 0 Å². The maximum atomic E-state index is 13.3. The number of fused-ring (bicyclic) bond motifs is 1. The molecule has 2 amide bonds. The second-order valence-corrected chi connectivity index (χ2v) is 9.17. The van der Waals surface area contributed by atoms with Crippen molar-refractivity contribution in [3.8, 4) is 0 Å². The quantitative estimate of drug-likeness (QED) is 0.165. The summed E-state index contributed by atoms with van der Waals surface area (Å²) in [4.78, 5) is 32.5. The predicted octanol–water partition coefficient (Wildman–Crippen LogP) is 5.70. The summed E-state index contributed by atoms with van der Waals surface area (Å²) < 4.78 is 156. The number of rotatable bonds is 10. The Labute approximate surface area is 244 Å². The molecule has 0 atom stereocenters. The number of benzene rings is 1. The molecular formula is C25H19F12N5O3. The second kappa shape index (κ2) is 13.2. The van der Waals surface area contributed by atoms with Gasteiger partial charge < -0.3 is 15.5 Å². The molecule has 0 unspecified atom stereocenters. The molecule has 2 heterocycles. The highest BCUT2D eigenvalue weighted by molar-refractivity contribution is 6.04. The molecule has 2 N–H and O–H groups in total. The SMILES string of the molecule is O=C(CNC(=O)c1ccc(/C(CCc2cc(C(F)(F)F)cc(C(F)(F)F)c2)=N/OCC(F)(F)F)n2ccnc12)NCC(F)(F)F. The number of hydrogen-bond donors (Lipinski definition) is 2. The molecular weight excluding hydrogens is 646 g/mol. The molecule has 246 valence electrons. The van der Waals surface area contributed by atoms with Crippen LogP contribution in [-0.2, 0) is 28.4 Å². The van der Waals surface area contributed by atoms with Gasteiger partial charge in [0.1, 0.15) is 17.9 Å². The minimum Gasteiger partial charge on any atom is -0.386 e. The molecule has 0 aliphatic carbocycles. The van der Waals surface area contributed by atoms with Crippen LogP contribution in [0.3, 0.4) is 0 Å². The monoisotopic (exact) mass is 665 g/mol. The molecule has 2 aromatic heterocycles. The molecule has 1 aromatic carbocycles. The van der Waals surface area contributed by atoms with Crippen molar-refractivity contribution in [1.82, 2.24) is 20.0 Å². The van der Waals surface area contributed by atoms with Gasteiger partial charge in [0.25, 0.3) is 5.91 Å². The maximum absolute atomic E-state index is 13.3. The Morgan fingerprint density at radius 2 is 1.47 bits per heavy atom. The van der Waals surface area contributed by atoms with Crippen LogP contribution in [0.5, 0.6) is 0 Å². The fraction of sp³-hybridized carbons (Fsp3) is 0.360. The van der Waals surface area contributed by atoms with Gasteiger partial charge in [0.05, 0.1) is 28.9 Å². The lowest BCUT2D eigenvalue weighted by Gasteiger charge is -2.15. The third-order valence-corrected chi connectivity index (χ3v) is 5.69. The average Bonchev–Trinajstić information content (AvgIpc) is 3.40. The van der Waals surface area contributed by atoms with Crippen LogP contribution in [0.2, 0.25) is 0 Å². The molecule has 20 heteroatoms. The molecule has 3 rings (SSSR count). The number of nitrogens with one attached hydrogen (secondary N) is 2. The molecule has 0 fully saturated rings. The molecule has 0 spiro atoms. The van der Waals surface area contributed by atoms with Crippen molar-refractivity contribution >= 4 is 23.2 Å². The number of carbonyl (C=O) groups excluding carboxylic acids is 2. The summed E-state index contributed by atoms with van der Waals surface area (Å²) >= 11 is 0. The summed E-state index contributed by atoms with van der Waals surface area (Å²) in [6.07, 6.45) is -18.7. The van der Waals surface area contributed by atoms with Crippen molar-refractivity contribution in [2.75, 3.05) is 19.7 Å². The van der Waals surface area contributed by atoms with Crippen molar-refractivity contribution in [1.29, 1.82) is 0 Å². The Balaban J connectivity index is 1.93. The molecule has 0 aliphatic rings. The van der Waals surface area contributed by atoms with Crippen molar-refractivity contribution in [2.24, 2.45) is 5.16 Å². The Hall–Kier alpha value is -4.52. The molecule has 0 aliphatic heterocycles. The van der Waals surface area contributed by atoms with Crippen LogP contribution in [0.4, 0.5) is 52.7 Å². The van der Waals surface area contributed by atoms with E-state index in [1.807, 2.05) is 0 Å². The smallest absolute Gasteiger partial charge is 0.386 e. The summed E-state index contributed by atoms with van der Waals surface area (Å²) in [5.41, 5.74) is -4.71. The van der Waals surface area contributed by atoms with E-state index in [1.54, 1.807) is 0 Å². The Kier molecular flexibility index (Phi) is 10.3. The lowest BCUT2D eigenvalue weighted by molar-refractivity contribution is -0.173. The number of alkyl halides is 12. The normalized spacial score (nSPS) is 13.2. The van der Waals surface area contributed by atoms with E-state index in [0.717, 1.165) is 22.7 Å². The topological polar surface area (TPSA) is 97.1 Å². The first-order valence-corrected chi connectivity index (χ1v) is 12.3. The fourth-order valence-electron chi connectivity index (χ4n) is 3.77. The number of aryl methyl sites for hydroxylation is 1. The maximum Gasteiger partial charge on any atom is 0.425 e. The first-order chi connectivity index (χ1) is 20.6. The van der Waals surface area contributed by atoms with Gasteiger partial charge >= 0.3 is 24.7 Å². The zero-order valence-electron chi connectivity index (χ0n) is 22.2. The van der Waals surface area contributed by atoms with Crippen LogP contribution >= 0.6 is 0 Å². The second-order valence-electron chi connectivity index (χ2n) is 9.17. The number of oxime groups is 1. The lowest BCUT2D eigenvalue weighted by atomic mass is 9.99. The molecule has 3 aromatic rings. The van der Waals surface area contributed by atoms with Crippen LogP contribution in [0.1, 0.15) is 39.2 Å². The molecule has 0 saturated heterocycles. The Morgan fingerprint density at radius 1 is 0.844 bits per heavy atom. The number of nitrogens with zero attached hydrogens (tertiary/aromatic N) is 3. The van der Waals surface area contributed by atoms with Crippen molar-refractivity contribution in [3.63, 3.8) is 0 Å². The number of aromatic nitrogens is 2. The van der Waals surface area contributed by atoms with Crippen LogP contribution in [0, 0.1) is 0 Å². The van der Waals surface area contributed by atoms with Crippen LogP contribution in [-0.4, -0.2) is 59.0 Å². The third kappa shape index (κ3) is 10.3. The summed E-state index contributed by atoms with van der Waals surface area (Å²) in [5.74, 6) is -2.19. The first-order valence-electron chi connectivity index (χ1n) is 12.3. The van der Waals surface area contributed by atoms with Crippen LogP contribution < -0.4 is 10.6 Å². The number of carbonyl (C=O) groups is 2. The van der Waals surface area contributed by atoms with Gasteiger partial charge in [-0.1, -0.05) is 5.16 Å². The largest absolute Gasteiger partial charge is 0.425 e. The lowest BCUT2D eigenvalue weighted by Crippen LogP contribution is -2.41. The number of halogens is 12.